The first-order valence-electron chi connectivity index (χ1n) is 5.67. The van der Waals surface area contributed by atoms with E-state index in [1.54, 1.807) is 0 Å². The van der Waals surface area contributed by atoms with Crippen LogP contribution in [0.25, 0.3) is 0 Å². The molecule has 1 saturated heterocycles. The fourth-order valence-electron chi connectivity index (χ4n) is 1.97. The highest BCUT2D eigenvalue weighted by molar-refractivity contribution is 7.91. The summed E-state index contributed by atoms with van der Waals surface area (Å²) in [5.74, 6) is 0.159. The SMILES string of the molecule is O=C(CC1CCS(=O)(=O)C1)Nc1cc(Cl)c(Cl)cn1. The van der Waals surface area contributed by atoms with Crippen molar-refractivity contribution >= 4 is 44.8 Å². The summed E-state index contributed by atoms with van der Waals surface area (Å²) >= 11 is 11.5. The molecule has 2 heterocycles. The number of halogens is 2. The van der Waals surface area contributed by atoms with Crippen molar-refractivity contribution < 1.29 is 13.2 Å². The predicted molar refractivity (Wildman–Crippen MR) is 74.3 cm³/mol. The fourth-order valence-corrected chi connectivity index (χ4v) is 4.09. The number of nitrogens with zero attached hydrogens (tertiary/aromatic N) is 1. The van der Waals surface area contributed by atoms with E-state index >= 15 is 0 Å². The topological polar surface area (TPSA) is 76.1 Å². The molecule has 0 aromatic carbocycles. The molecule has 19 heavy (non-hydrogen) atoms. The van der Waals surface area contributed by atoms with Crippen molar-refractivity contribution in [1.82, 2.24) is 4.98 Å². The molecule has 1 unspecified atom stereocenters. The predicted octanol–water partition coefficient (Wildman–Crippen LogP) is 2.15. The third kappa shape index (κ3) is 4.06. The second-order valence-corrected chi connectivity index (χ2v) is 7.55. The second kappa shape index (κ2) is 5.64. The Kier molecular flexibility index (Phi) is 4.32. The van der Waals surface area contributed by atoms with E-state index in [2.05, 4.69) is 10.3 Å². The molecule has 2 rings (SSSR count). The summed E-state index contributed by atoms with van der Waals surface area (Å²) < 4.78 is 22.6. The molecule has 0 aliphatic carbocycles. The normalized spacial score (nSPS) is 21.3. The molecule has 1 aromatic heterocycles. The molecule has 1 fully saturated rings. The molecule has 1 atom stereocenters. The van der Waals surface area contributed by atoms with Crippen LogP contribution in [0.3, 0.4) is 0 Å². The second-order valence-electron chi connectivity index (χ2n) is 4.51. The molecule has 104 valence electrons. The lowest BCUT2D eigenvalue weighted by Crippen LogP contribution is -2.18. The van der Waals surface area contributed by atoms with Gasteiger partial charge in [-0.25, -0.2) is 13.4 Å². The number of amides is 1. The molecule has 0 saturated carbocycles. The summed E-state index contributed by atoms with van der Waals surface area (Å²) in [5, 5.41) is 3.18. The minimum absolute atomic E-state index is 0.0786. The largest absolute Gasteiger partial charge is 0.311 e. The molecule has 0 radical (unpaired) electrons. The molecule has 5 nitrogen and oxygen atoms in total. The summed E-state index contributed by atoms with van der Waals surface area (Å²) in [7, 11) is -2.96. The van der Waals surface area contributed by atoms with Crippen LogP contribution in [0.2, 0.25) is 10.0 Å². The zero-order valence-electron chi connectivity index (χ0n) is 9.90. The number of rotatable bonds is 3. The molecule has 1 aromatic rings. The van der Waals surface area contributed by atoms with Gasteiger partial charge in [0.05, 0.1) is 21.6 Å². The summed E-state index contributed by atoms with van der Waals surface area (Å²) in [4.78, 5) is 15.7. The van der Waals surface area contributed by atoms with E-state index in [-0.39, 0.29) is 29.8 Å². The summed E-state index contributed by atoms with van der Waals surface area (Å²) in [6.45, 7) is 0. The molecule has 0 bridgehead atoms. The van der Waals surface area contributed by atoms with Gasteiger partial charge < -0.3 is 5.32 Å². The highest BCUT2D eigenvalue weighted by atomic mass is 35.5. The molecule has 1 aliphatic heterocycles. The van der Waals surface area contributed by atoms with E-state index in [0.717, 1.165) is 0 Å². The summed E-state index contributed by atoms with van der Waals surface area (Å²) in [6, 6.07) is 1.45. The first-order valence-corrected chi connectivity index (χ1v) is 8.25. The number of sulfone groups is 1. The van der Waals surface area contributed by atoms with Gasteiger partial charge in [-0.05, 0) is 12.3 Å². The van der Waals surface area contributed by atoms with Gasteiger partial charge >= 0.3 is 0 Å². The van der Waals surface area contributed by atoms with Crippen LogP contribution in [0.5, 0.6) is 0 Å². The monoisotopic (exact) mass is 322 g/mol. The highest BCUT2D eigenvalue weighted by Crippen LogP contribution is 2.24. The molecule has 1 amide bonds. The van der Waals surface area contributed by atoms with Crippen LogP contribution in [-0.4, -0.2) is 30.8 Å². The Bertz CT molecular complexity index is 604. The number of carbonyl (C=O) groups is 1. The smallest absolute Gasteiger partial charge is 0.225 e. The minimum atomic E-state index is -2.96. The van der Waals surface area contributed by atoms with Gasteiger partial charge in [-0.15, -0.1) is 0 Å². The number of hydrogen-bond donors (Lipinski definition) is 1. The molecule has 0 spiro atoms. The van der Waals surface area contributed by atoms with Gasteiger partial charge in [0.1, 0.15) is 5.82 Å². The molecular formula is C11H12Cl2N2O3S. The number of hydrogen-bond acceptors (Lipinski definition) is 4. The van der Waals surface area contributed by atoms with Crippen molar-refractivity contribution in [3.63, 3.8) is 0 Å². The maximum Gasteiger partial charge on any atom is 0.225 e. The van der Waals surface area contributed by atoms with E-state index in [4.69, 9.17) is 23.2 Å². The van der Waals surface area contributed by atoms with Gasteiger partial charge in [0.2, 0.25) is 5.91 Å². The highest BCUT2D eigenvalue weighted by Gasteiger charge is 2.29. The average Bonchev–Trinajstić information content (AvgIpc) is 2.63. The first-order chi connectivity index (χ1) is 8.85. The van der Waals surface area contributed by atoms with Gasteiger partial charge in [0.15, 0.2) is 9.84 Å². The third-order valence-corrected chi connectivity index (χ3v) is 5.42. The van der Waals surface area contributed by atoms with E-state index in [0.29, 0.717) is 22.3 Å². The van der Waals surface area contributed by atoms with Gasteiger partial charge in [0, 0.05) is 18.7 Å². The Morgan fingerprint density at radius 3 is 2.74 bits per heavy atom. The first kappa shape index (κ1) is 14.6. The Morgan fingerprint density at radius 2 is 2.16 bits per heavy atom. The maximum absolute atomic E-state index is 11.8. The van der Waals surface area contributed by atoms with Crippen LogP contribution in [-0.2, 0) is 14.6 Å². The lowest BCUT2D eigenvalue weighted by atomic mass is 10.1. The van der Waals surface area contributed by atoms with E-state index in [9.17, 15) is 13.2 Å². The fraction of sp³-hybridized carbons (Fsp3) is 0.455. The van der Waals surface area contributed by atoms with Crippen LogP contribution in [0.15, 0.2) is 12.3 Å². The maximum atomic E-state index is 11.8. The minimum Gasteiger partial charge on any atom is -0.311 e. The zero-order valence-corrected chi connectivity index (χ0v) is 12.2. The molecule has 1 aliphatic rings. The molecule has 8 heteroatoms. The van der Waals surface area contributed by atoms with Crippen molar-refractivity contribution in [2.75, 3.05) is 16.8 Å². The van der Waals surface area contributed by atoms with Crippen molar-refractivity contribution in [3.05, 3.63) is 22.3 Å². The Labute approximate surface area is 121 Å². The van der Waals surface area contributed by atoms with E-state index in [1.807, 2.05) is 0 Å². The lowest BCUT2D eigenvalue weighted by Gasteiger charge is -2.08. The lowest BCUT2D eigenvalue weighted by molar-refractivity contribution is -0.116. The Hall–Kier alpha value is -0.850. The Morgan fingerprint density at radius 1 is 1.42 bits per heavy atom. The molecule has 1 N–H and O–H groups in total. The number of aromatic nitrogens is 1. The quantitative estimate of drug-likeness (QED) is 0.925. The number of nitrogens with one attached hydrogen (secondary N) is 1. The number of carbonyl (C=O) groups excluding carboxylic acids is 1. The summed E-state index contributed by atoms with van der Waals surface area (Å²) in [5.41, 5.74) is 0. The van der Waals surface area contributed by atoms with E-state index < -0.39 is 9.84 Å². The van der Waals surface area contributed by atoms with E-state index in [1.165, 1.54) is 12.3 Å². The summed E-state index contributed by atoms with van der Waals surface area (Å²) in [6.07, 6.45) is 2.05. The van der Waals surface area contributed by atoms with Crippen LogP contribution < -0.4 is 5.32 Å². The van der Waals surface area contributed by atoms with Gasteiger partial charge in [-0.2, -0.15) is 0 Å². The zero-order chi connectivity index (χ0) is 14.0. The van der Waals surface area contributed by atoms with Gasteiger partial charge in [-0.1, -0.05) is 23.2 Å². The van der Waals surface area contributed by atoms with Crippen LogP contribution in [0.4, 0.5) is 5.82 Å². The number of pyridine rings is 1. The van der Waals surface area contributed by atoms with Crippen LogP contribution in [0.1, 0.15) is 12.8 Å². The van der Waals surface area contributed by atoms with Crippen molar-refractivity contribution in [2.24, 2.45) is 5.92 Å². The van der Waals surface area contributed by atoms with Gasteiger partial charge in [0.25, 0.3) is 0 Å². The van der Waals surface area contributed by atoms with Gasteiger partial charge in [-0.3, -0.25) is 4.79 Å². The molecular weight excluding hydrogens is 311 g/mol. The van der Waals surface area contributed by atoms with Crippen molar-refractivity contribution in [1.29, 1.82) is 0 Å². The standard InChI is InChI=1S/C11H12Cl2N2O3S/c12-8-4-10(14-5-9(8)13)15-11(16)3-7-1-2-19(17,18)6-7/h4-5,7H,1-3,6H2,(H,14,15,16). The Balaban J connectivity index is 1.93. The van der Waals surface area contributed by atoms with Crippen LogP contribution >= 0.6 is 23.2 Å². The van der Waals surface area contributed by atoms with Crippen molar-refractivity contribution in [2.45, 2.75) is 12.8 Å². The average molecular weight is 323 g/mol. The van der Waals surface area contributed by atoms with Crippen LogP contribution in [0, 0.1) is 5.92 Å². The van der Waals surface area contributed by atoms with Crippen molar-refractivity contribution in [3.8, 4) is 0 Å². The number of anilines is 1. The third-order valence-electron chi connectivity index (χ3n) is 2.88.